The minimum absolute atomic E-state index is 0. The Morgan fingerprint density at radius 1 is 1.09 bits per heavy atom. The summed E-state index contributed by atoms with van der Waals surface area (Å²) in [6, 6.07) is 7.84. The molecule has 0 radical (unpaired) electrons. The summed E-state index contributed by atoms with van der Waals surface area (Å²) < 4.78 is 0. The van der Waals surface area contributed by atoms with Gasteiger partial charge in [0.05, 0.1) is 6.61 Å². The quantitative estimate of drug-likeness (QED) is 0.729. The van der Waals surface area contributed by atoms with Crippen LogP contribution in [0, 0.1) is 6.92 Å². The van der Waals surface area contributed by atoms with Crippen LogP contribution in [0.4, 0.5) is 0 Å². The molecule has 1 aromatic rings. The van der Waals surface area contributed by atoms with Gasteiger partial charge in [0.15, 0.2) is 0 Å². The molecule has 0 spiro atoms. The third-order valence-corrected chi connectivity index (χ3v) is 1.30. The summed E-state index contributed by atoms with van der Waals surface area (Å²) in [5.74, 6) is 0. The van der Waals surface area contributed by atoms with E-state index in [0.717, 1.165) is 5.56 Å². The molecule has 0 aliphatic carbocycles. The number of benzene rings is 1. The van der Waals surface area contributed by atoms with Crippen molar-refractivity contribution in [3.63, 3.8) is 0 Å². The first-order valence-corrected chi connectivity index (χ1v) is 2.99. The Bertz CT molecular complexity index is 184. The van der Waals surface area contributed by atoms with Crippen LogP contribution in [0.15, 0.2) is 24.3 Å². The molecule has 1 aromatic carbocycles. The molecule has 0 fully saturated rings. The minimum atomic E-state index is 0. The molecular weight excluding hydrogens is 183 g/mol. The van der Waals surface area contributed by atoms with Crippen molar-refractivity contribution in [3.8, 4) is 0 Å². The van der Waals surface area contributed by atoms with E-state index in [9.17, 15) is 0 Å². The van der Waals surface area contributed by atoms with Gasteiger partial charge in [-0.05, 0) is 12.5 Å². The molecule has 0 aliphatic heterocycles. The van der Waals surface area contributed by atoms with Crippen LogP contribution in [0.5, 0.6) is 0 Å². The molecule has 0 aromatic heterocycles. The van der Waals surface area contributed by atoms with Crippen molar-refractivity contribution >= 4 is 24.8 Å². The van der Waals surface area contributed by atoms with E-state index in [0.29, 0.717) is 0 Å². The number of aliphatic hydroxyl groups is 1. The normalized spacial score (nSPS) is 7.82. The van der Waals surface area contributed by atoms with Gasteiger partial charge in [0.1, 0.15) is 0 Å². The van der Waals surface area contributed by atoms with E-state index in [-0.39, 0.29) is 31.4 Å². The van der Waals surface area contributed by atoms with Gasteiger partial charge in [0.25, 0.3) is 0 Å². The van der Waals surface area contributed by atoms with Gasteiger partial charge in [-0.1, -0.05) is 29.8 Å². The van der Waals surface area contributed by atoms with Crippen LogP contribution in [0.2, 0.25) is 0 Å². The molecule has 0 saturated carbocycles. The maximum absolute atomic E-state index is 8.63. The first-order chi connectivity index (χ1) is 4.33. The fraction of sp³-hybridized carbons (Fsp3) is 0.250. The van der Waals surface area contributed by atoms with Crippen molar-refractivity contribution in [2.45, 2.75) is 13.5 Å². The predicted octanol–water partition coefficient (Wildman–Crippen LogP) is 2.33. The minimum Gasteiger partial charge on any atom is -0.392 e. The molecule has 0 unspecified atom stereocenters. The molecule has 3 heteroatoms. The number of aryl methyl sites for hydroxylation is 1. The average molecular weight is 195 g/mol. The summed E-state index contributed by atoms with van der Waals surface area (Å²) in [5, 5.41) is 8.63. The molecule has 0 heterocycles. The maximum Gasteiger partial charge on any atom is 0.0681 e. The molecule has 0 aliphatic rings. The lowest BCUT2D eigenvalue weighted by atomic mass is 10.2. The van der Waals surface area contributed by atoms with Gasteiger partial charge in [-0.25, -0.2) is 0 Å². The van der Waals surface area contributed by atoms with Crippen LogP contribution >= 0.6 is 24.8 Å². The van der Waals surface area contributed by atoms with E-state index in [2.05, 4.69) is 0 Å². The molecule has 1 rings (SSSR count). The van der Waals surface area contributed by atoms with Crippen molar-refractivity contribution in [2.75, 3.05) is 0 Å². The largest absolute Gasteiger partial charge is 0.392 e. The van der Waals surface area contributed by atoms with Gasteiger partial charge in [0.2, 0.25) is 0 Å². The molecule has 0 amide bonds. The Balaban J connectivity index is 0. The number of hydrogen-bond acceptors (Lipinski definition) is 1. The fourth-order valence-corrected chi connectivity index (χ4v) is 0.693. The van der Waals surface area contributed by atoms with Gasteiger partial charge in [-0.15, -0.1) is 24.8 Å². The monoisotopic (exact) mass is 194 g/mol. The first-order valence-electron chi connectivity index (χ1n) is 2.99. The lowest BCUT2D eigenvalue weighted by Crippen LogP contribution is -1.80. The molecule has 11 heavy (non-hydrogen) atoms. The van der Waals surface area contributed by atoms with Gasteiger partial charge in [-0.2, -0.15) is 0 Å². The van der Waals surface area contributed by atoms with Crippen LogP contribution < -0.4 is 0 Å². The summed E-state index contributed by atoms with van der Waals surface area (Å²) in [7, 11) is 0. The van der Waals surface area contributed by atoms with Crippen molar-refractivity contribution in [2.24, 2.45) is 0 Å². The third kappa shape index (κ3) is 4.25. The summed E-state index contributed by atoms with van der Waals surface area (Å²) in [4.78, 5) is 0. The third-order valence-electron chi connectivity index (χ3n) is 1.30. The lowest BCUT2D eigenvalue weighted by Gasteiger charge is -1.93. The molecule has 64 valence electrons. The first kappa shape index (κ1) is 13.4. The number of hydrogen-bond donors (Lipinski definition) is 1. The van der Waals surface area contributed by atoms with Crippen LogP contribution in [0.3, 0.4) is 0 Å². The molecule has 0 saturated heterocycles. The van der Waals surface area contributed by atoms with E-state index in [1.807, 2.05) is 31.2 Å². The Kier molecular flexibility index (Phi) is 7.85. The zero-order valence-corrected chi connectivity index (χ0v) is 7.91. The highest BCUT2D eigenvalue weighted by Gasteiger charge is 1.85. The zero-order chi connectivity index (χ0) is 6.69. The van der Waals surface area contributed by atoms with Crippen molar-refractivity contribution in [1.29, 1.82) is 0 Å². The summed E-state index contributed by atoms with van der Waals surface area (Å²) in [6.45, 7) is 2.17. The number of halogens is 2. The fourth-order valence-electron chi connectivity index (χ4n) is 0.693. The topological polar surface area (TPSA) is 20.2 Å². The lowest BCUT2D eigenvalue weighted by molar-refractivity contribution is 0.282. The van der Waals surface area contributed by atoms with Crippen molar-refractivity contribution in [3.05, 3.63) is 35.4 Å². The molecule has 0 bridgehead atoms. The summed E-state index contributed by atoms with van der Waals surface area (Å²) >= 11 is 0. The Hall–Kier alpha value is -0.240. The van der Waals surface area contributed by atoms with Gasteiger partial charge in [0, 0.05) is 0 Å². The van der Waals surface area contributed by atoms with Crippen LogP contribution in [0.1, 0.15) is 11.1 Å². The predicted molar refractivity (Wildman–Crippen MR) is 51.6 cm³/mol. The van der Waals surface area contributed by atoms with E-state index < -0.39 is 0 Å². The second-order valence-corrected chi connectivity index (χ2v) is 2.14. The smallest absolute Gasteiger partial charge is 0.0681 e. The Labute approximate surface area is 79.3 Å². The van der Waals surface area contributed by atoms with E-state index in [1.54, 1.807) is 0 Å². The molecular formula is C8H12Cl2O. The Morgan fingerprint density at radius 2 is 1.55 bits per heavy atom. The van der Waals surface area contributed by atoms with Gasteiger partial charge < -0.3 is 5.11 Å². The highest BCUT2D eigenvalue weighted by atomic mass is 35.5. The van der Waals surface area contributed by atoms with Crippen molar-refractivity contribution < 1.29 is 5.11 Å². The highest BCUT2D eigenvalue weighted by Crippen LogP contribution is 2.01. The number of rotatable bonds is 1. The molecule has 1 N–H and O–H groups in total. The Morgan fingerprint density at radius 3 is 1.91 bits per heavy atom. The molecule has 1 nitrogen and oxygen atoms in total. The van der Waals surface area contributed by atoms with Gasteiger partial charge in [-0.3, -0.25) is 0 Å². The highest BCUT2D eigenvalue weighted by molar-refractivity contribution is 5.85. The second-order valence-electron chi connectivity index (χ2n) is 2.14. The standard InChI is InChI=1S/C8H10O.2ClH/c1-7-2-4-8(6-9)5-3-7;;/h2-5,9H,6H2,1H3;2*1H. The zero-order valence-electron chi connectivity index (χ0n) is 6.28. The summed E-state index contributed by atoms with van der Waals surface area (Å²) in [5.41, 5.74) is 2.20. The SMILES string of the molecule is Cc1ccc(CO)cc1.Cl.Cl. The van der Waals surface area contributed by atoms with Gasteiger partial charge >= 0.3 is 0 Å². The second kappa shape index (κ2) is 6.47. The van der Waals surface area contributed by atoms with E-state index >= 15 is 0 Å². The maximum atomic E-state index is 8.63. The molecule has 0 atom stereocenters. The van der Waals surface area contributed by atoms with E-state index in [1.165, 1.54) is 5.56 Å². The number of aliphatic hydroxyl groups excluding tert-OH is 1. The van der Waals surface area contributed by atoms with E-state index in [4.69, 9.17) is 5.11 Å². The van der Waals surface area contributed by atoms with Crippen LogP contribution in [-0.2, 0) is 6.61 Å². The van der Waals surface area contributed by atoms with Crippen LogP contribution in [0.25, 0.3) is 0 Å². The summed E-state index contributed by atoms with van der Waals surface area (Å²) in [6.07, 6.45) is 0. The van der Waals surface area contributed by atoms with Crippen LogP contribution in [-0.4, -0.2) is 5.11 Å². The van der Waals surface area contributed by atoms with Crippen molar-refractivity contribution in [1.82, 2.24) is 0 Å². The average Bonchev–Trinajstić information content (AvgIpc) is 1.90.